The van der Waals surface area contributed by atoms with Crippen molar-refractivity contribution in [3.8, 4) is 5.75 Å². The van der Waals surface area contributed by atoms with E-state index in [0.717, 1.165) is 5.75 Å². The van der Waals surface area contributed by atoms with Gasteiger partial charge in [-0.1, -0.05) is 24.3 Å². The first-order valence-electron chi connectivity index (χ1n) is 5.67. The maximum atomic E-state index is 13.5. The van der Waals surface area contributed by atoms with Gasteiger partial charge in [-0.2, -0.15) is 0 Å². The fourth-order valence-electron chi connectivity index (χ4n) is 1.66. The van der Waals surface area contributed by atoms with Gasteiger partial charge in [0, 0.05) is 0 Å². The zero-order valence-electron chi connectivity index (χ0n) is 9.97. The molecule has 0 spiro atoms. The molecule has 0 heterocycles. The van der Waals surface area contributed by atoms with Gasteiger partial charge in [-0.3, -0.25) is 4.79 Å². The average molecular weight is 244 g/mol. The molecular formula is C15H13FO2. The summed E-state index contributed by atoms with van der Waals surface area (Å²) in [5.74, 6) is 0.205. The van der Waals surface area contributed by atoms with Gasteiger partial charge in [0.1, 0.15) is 17.7 Å². The number of halogens is 1. The van der Waals surface area contributed by atoms with E-state index in [2.05, 4.69) is 0 Å². The van der Waals surface area contributed by atoms with Crippen LogP contribution in [0.5, 0.6) is 5.75 Å². The van der Waals surface area contributed by atoms with E-state index in [0.29, 0.717) is 11.8 Å². The van der Waals surface area contributed by atoms with E-state index in [-0.39, 0.29) is 11.7 Å². The van der Waals surface area contributed by atoms with Crippen molar-refractivity contribution < 1.29 is 13.9 Å². The highest BCUT2D eigenvalue weighted by atomic mass is 19.1. The summed E-state index contributed by atoms with van der Waals surface area (Å²) in [7, 11) is 0. The molecule has 0 amide bonds. The van der Waals surface area contributed by atoms with Gasteiger partial charge < -0.3 is 4.74 Å². The van der Waals surface area contributed by atoms with Crippen LogP contribution >= 0.6 is 0 Å². The Morgan fingerprint density at radius 2 is 1.89 bits per heavy atom. The molecule has 0 aliphatic carbocycles. The van der Waals surface area contributed by atoms with E-state index in [1.165, 1.54) is 12.1 Å². The molecular weight excluding hydrogens is 231 g/mol. The number of ether oxygens (including phenoxy) is 1. The Morgan fingerprint density at radius 1 is 1.17 bits per heavy atom. The second-order valence-electron chi connectivity index (χ2n) is 3.97. The third kappa shape index (κ3) is 2.74. The summed E-state index contributed by atoms with van der Waals surface area (Å²) in [6, 6.07) is 13.8. The molecule has 0 radical (unpaired) electrons. The predicted octanol–water partition coefficient (Wildman–Crippen LogP) is 3.78. The molecule has 0 saturated heterocycles. The lowest BCUT2D eigenvalue weighted by Gasteiger charge is -2.15. The van der Waals surface area contributed by atoms with Crippen molar-refractivity contribution in [2.45, 2.75) is 13.0 Å². The van der Waals surface area contributed by atoms with Crippen LogP contribution in [0.3, 0.4) is 0 Å². The SMILES string of the molecule is CC(Oc1ccccc1)c1ccc(C=O)c(F)c1. The summed E-state index contributed by atoms with van der Waals surface area (Å²) in [5.41, 5.74) is 0.757. The van der Waals surface area contributed by atoms with Crippen LogP contribution in [-0.4, -0.2) is 6.29 Å². The molecule has 1 unspecified atom stereocenters. The number of aldehydes is 1. The Labute approximate surface area is 105 Å². The van der Waals surface area contributed by atoms with E-state index < -0.39 is 5.82 Å². The standard InChI is InChI=1S/C15H13FO2/c1-11(18-14-5-3-2-4-6-14)12-7-8-13(10-17)15(16)9-12/h2-11H,1H3. The molecule has 0 fully saturated rings. The van der Waals surface area contributed by atoms with Crippen LogP contribution in [0.15, 0.2) is 48.5 Å². The van der Waals surface area contributed by atoms with Crippen molar-refractivity contribution in [2.24, 2.45) is 0 Å². The number of hydrogen-bond acceptors (Lipinski definition) is 2. The third-order valence-electron chi connectivity index (χ3n) is 2.68. The number of hydrogen-bond donors (Lipinski definition) is 0. The molecule has 0 saturated carbocycles. The predicted molar refractivity (Wildman–Crippen MR) is 67.3 cm³/mol. The van der Waals surface area contributed by atoms with Crippen molar-refractivity contribution >= 4 is 6.29 Å². The topological polar surface area (TPSA) is 26.3 Å². The molecule has 2 nitrogen and oxygen atoms in total. The van der Waals surface area contributed by atoms with Gasteiger partial charge in [-0.15, -0.1) is 0 Å². The van der Waals surface area contributed by atoms with E-state index >= 15 is 0 Å². The highest BCUT2D eigenvalue weighted by Gasteiger charge is 2.10. The molecule has 1 atom stereocenters. The van der Waals surface area contributed by atoms with Gasteiger partial charge in [0.25, 0.3) is 0 Å². The van der Waals surface area contributed by atoms with Crippen molar-refractivity contribution in [3.05, 3.63) is 65.5 Å². The number of carbonyl (C=O) groups excluding carboxylic acids is 1. The second kappa shape index (κ2) is 5.45. The number of benzene rings is 2. The van der Waals surface area contributed by atoms with Crippen LogP contribution in [0, 0.1) is 5.82 Å². The first kappa shape index (κ1) is 12.3. The van der Waals surface area contributed by atoms with Gasteiger partial charge in [0.15, 0.2) is 6.29 Å². The Hall–Kier alpha value is -2.16. The van der Waals surface area contributed by atoms with Crippen LogP contribution in [0.25, 0.3) is 0 Å². The molecule has 92 valence electrons. The first-order valence-corrected chi connectivity index (χ1v) is 5.67. The number of para-hydroxylation sites is 1. The summed E-state index contributed by atoms with van der Waals surface area (Å²) in [5, 5.41) is 0. The molecule has 0 bridgehead atoms. The van der Waals surface area contributed by atoms with Crippen molar-refractivity contribution in [1.82, 2.24) is 0 Å². The van der Waals surface area contributed by atoms with E-state index in [1.54, 1.807) is 6.07 Å². The molecule has 3 heteroatoms. The average Bonchev–Trinajstić information content (AvgIpc) is 2.39. The Kier molecular flexibility index (Phi) is 3.72. The minimum Gasteiger partial charge on any atom is -0.486 e. The Morgan fingerprint density at radius 3 is 2.50 bits per heavy atom. The van der Waals surface area contributed by atoms with Crippen molar-refractivity contribution in [3.63, 3.8) is 0 Å². The molecule has 18 heavy (non-hydrogen) atoms. The Bertz CT molecular complexity index is 537. The molecule has 0 aromatic heterocycles. The van der Waals surface area contributed by atoms with Crippen molar-refractivity contribution in [1.29, 1.82) is 0 Å². The number of carbonyl (C=O) groups is 1. The Balaban J connectivity index is 2.16. The maximum absolute atomic E-state index is 13.5. The summed E-state index contributed by atoms with van der Waals surface area (Å²) in [6.45, 7) is 1.84. The summed E-state index contributed by atoms with van der Waals surface area (Å²) in [6.07, 6.45) is 0.226. The van der Waals surface area contributed by atoms with Gasteiger partial charge >= 0.3 is 0 Å². The van der Waals surface area contributed by atoms with E-state index in [4.69, 9.17) is 4.74 Å². The van der Waals surface area contributed by atoms with E-state index in [9.17, 15) is 9.18 Å². The minimum atomic E-state index is -0.522. The molecule has 2 aromatic rings. The van der Waals surface area contributed by atoms with Crippen molar-refractivity contribution in [2.75, 3.05) is 0 Å². The third-order valence-corrected chi connectivity index (χ3v) is 2.68. The van der Waals surface area contributed by atoms with Gasteiger partial charge in [0.2, 0.25) is 0 Å². The van der Waals surface area contributed by atoms with Crippen LogP contribution in [0.4, 0.5) is 4.39 Å². The minimum absolute atomic E-state index is 0.0608. The zero-order chi connectivity index (χ0) is 13.0. The summed E-state index contributed by atoms with van der Waals surface area (Å²) >= 11 is 0. The highest BCUT2D eigenvalue weighted by molar-refractivity contribution is 5.75. The van der Waals surface area contributed by atoms with Crippen LogP contribution < -0.4 is 4.74 Å². The molecule has 0 aliphatic heterocycles. The largest absolute Gasteiger partial charge is 0.486 e. The lowest BCUT2D eigenvalue weighted by molar-refractivity contribution is 0.111. The maximum Gasteiger partial charge on any atom is 0.152 e. The molecule has 0 aliphatic rings. The quantitative estimate of drug-likeness (QED) is 0.765. The van der Waals surface area contributed by atoms with Gasteiger partial charge in [-0.05, 0) is 36.8 Å². The smallest absolute Gasteiger partial charge is 0.152 e. The van der Waals surface area contributed by atoms with Gasteiger partial charge in [-0.25, -0.2) is 4.39 Å². The van der Waals surface area contributed by atoms with E-state index in [1.807, 2.05) is 37.3 Å². The van der Waals surface area contributed by atoms with Gasteiger partial charge in [0.05, 0.1) is 5.56 Å². The molecule has 2 rings (SSSR count). The lowest BCUT2D eigenvalue weighted by atomic mass is 10.1. The van der Waals surface area contributed by atoms with Crippen LogP contribution in [0.2, 0.25) is 0 Å². The lowest BCUT2D eigenvalue weighted by Crippen LogP contribution is -2.04. The molecule has 2 aromatic carbocycles. The molecule has 0 N–H and O–H groups in total. The normalized spacial score (nSPS) is 11.9. The summed E-state index contributed by atoms with van der Waals surface area (Å²) < 4.78 is 19.1. The zero-order valence-corrected chi connectivity index (χ0v) is 9.97. The van der Waals surface area contributed by atoms with Crippen LogP contribution in [0.1, 0.15) is 28.9 Å². The van der Waals surface area contributed by atoms with Crippen LogP contribution in [-0.2, 0) is 0 Å². The fourth-order valence-corrected chi connectivity index (χ4v) is 1.66. The number of rotatable bonds is 4. The second-order valence-corrected chi connectivity index (χ2v) is 3.97. The highest BCUT2D eigenvalue weighted by Crippen LogP contribution is 2.22. The monoisotopic (exact) mass is 244 g/mol. The summed E-state index contributed by atoms with van der Waals surface area (Å²) in [4.78, 5) is 10.5. The first-order chi connectivity index (χ1) is 8.70. The fraction of sp³-hybridized carbons (Fsp3) is 0.133.